The number of amides is 1. The number of nitrogen functional groups attached to an aromatic ring is 1. The van der Waals surface area contributed by atoms with Crippen LogP contribution in [0.3, 0.4) is 0 Å². The van der Waals surface area contributed by atoms with Crippen LogP contribution in [0.1, 0.15) is 19.8 Å². The van der Waals surface area contributed by atoms with Gasteiger partial charge >= 0.3 is 0 Å². The number of carbonyl (C=O) groups is 1. The Morgan fingerprint density at radius 1 is 1.55 bits per heavy atom. The number of hydrogen-bond acceptors (Lipinski definition) is 6. The average molecular weight is 278 g/mol. The highest BCUT2D eigenvalue weighted by Crippen LogP contribution is 2.24. The SMILES string of the molecule is CCNc1cc(N2CCCC(C(=O)NC)C2)nc(N)n1. The Labute approximate surface area is 119 Å². The van der Waals surface area contributed by atoms with Crippen molar-refractivity contribution >= 4 is 23.5 Å². The molecule has 0 radical (unpaired) electrons. The molecule has 0 bridgehead atoms. The van der Waals surface area contributed by atoms with Gasteiger partial charge in [-0.25, -0.2) is 0 Å². The molecule has 0 aliphatic carbocycles. The molecular formula is C13H22N6O. The van der Waals surface area contributed by atoms with Gasteiger partial charge in [-0.3, -0.25) is 4.79 Å². The van der Waals surface area contributed by atoms with Crippen molar-refractivity contribution in [3.63, 3.8) is 0 Å². The number of nitrogens with one attached hydrogen (secondary N) is 2. The predicted molar refractivity (Wildman–Crippen MR) is 79.6 cm³/mol. The third-order valence-corrected chi connectivity index (χ3v) is 3.45. The standard InChI is InChI=1S/C13H22N6O/c1-3-16-10-7-11(18-13(14)17-10)19-6-4-5-9(8-19)12(20)15-2/h7,9H,3-6,8H2,1-2H3,(H,15,20)(H3,14,16,17,18). The van der Waals surface area contributed by atoms with E-state index in [-0.39, 0.29) is 17.8 Å². The largest absolute Gasteiger partial charge is 0.370 e. The van der Waals surface area contributed by atoms with Crippen LogP contribution in [-0.4, -0.2) is 42.6 Å². The second-order valence-electron chi connectivity index (χ2n) is 4.90. The highest BCUT2D eigenvalue weighted by atomic mass is 16.1. The van der Waals surface area contributed by atoms with Crippen LogP contribution in [0.15, 0.2) is 6.07 Å². The first-order valence-electron chi connectivity index (χ1n) is 6.99. The molecule has 1 saturated heterocycles. The number of rotatable bonds is 4. The predicted octanol–water partition coefficient (Wildman–Crippen LogP) is 0.453. The van der Waals surface area contributed by atoms with Crippen LogP contribution < -0.4 is 21.3 Å². The topological polar surface area (TPSA) is 96.2 Å². The van der Waals surface area contributed by atoms with Crippen LogP contribution in [0.2, 0.25) is 0 Å². The molecule has 2 heterocycles. The number of piperidine rings is 1. The first-order valence-corrected chi connectivity index (χ1v) is 6.99. The van der Waals surface area contributed by atoms with Crippen LogP contribution in [0.5, 0.6) is 0 Å². The van der Waals surface area contributed by atoms with Crippen molar-refractivity contribution in [2.24, 2.45) is 5.92 Å². The summed E-state index contributed by atoms with van der Waals surface area (Å²) in [6, 6.07) is 1.88. The Morgan fingerprint density at radius 2 is 2.35 bits per heavy atom. The van der Waals surface area contributed by atoms with Gasteiger partial charge in [0.05, 0.1) is 5.92 Å². The molecule has 7 heteroatoms. The minimum Gasteiger partial charge on any atom is -0.370 e. The van der Waals surface area contributed by atoms with Gasteiger partial charge < -0.3 is 21.3 Å². The molecule has 110 valence electrons. The maximum Gasteiger partial charge on any atom is 0.224 e. The summed E-state index contributed by atoms with van der Waals surface area (Å²) in [4.78, 5) is 22.3. The molecule has 20 heavy (non-hydrogen) atoms. The third-order valence-electron chi connectivity index (χ3n) is 3.45. The second kappa shape index (κ2) is 6.40. The zero-order valence-electron chi connectivity index (χ0n) is 12.0. The molecule has 1 aromatic heterocycles. The fourth-order valence-electron chi connectivity index (χ4n) is 2.49. The lowest BCUT2D eigenvalue weighted by Gasteiger charge is -2.32. The minimum absolute atomic E-state index is 0.00697. The number of anilines is 3. The Kier molecular flexibility index (Phi) is 4.60. The summed E-state index contributed by atoms with van der Waals surface area (Å²) in [5.41, 5.74) is 5.75. The number of nitrogens with two attached hydrogens (primary N) is 1. The molecule has 1 atom stereocenters. The maximum atomic E-state index is 11.8. The van der Waals surface area contributed by atoms with Crippen molar-refractivity contribution in [1.29, 1.82) is 0 Å². The van der Waals surface area contributed by atoms with E-state index in [4.69, 9.17) is 5.73 Å². The zero-order valence-corrected chi connectivity index (χ0v) is 12.0. The summed E-state index contributed by atoms with van der Waals surface area (Å²) < 4.78 is 0. The van der Waals surface area contributed by atoms with Gasteiger partial charge in [-0.15, -0.1) is 0 Å². The molecule has 0 aromatic carbocycles. The van der Waals surface area contributed by atoms with Crippen molar-refractivity contribution in [2.45, 2.75) is 19.8 Å². The minimum atomic E-state index is 0.00697. The van der Waals surface area contributed by atoms with Gasteiger partial charge in [0.25, 0.3) is 0 Å². The lowest BCUT2D eigenvalue weighted by molar-refractivity contribution is -0.124. The summed E-state index contributed by atoms with van der Waals surface area (Å²) in [5.74, 6) is 1.84. The fourth-order valence-corrected chi connectivity index (χ4v) is 2.49. The van der Waals surface area contributed by atoms with Gasteiger partial charge in [0, 0.05) is 32.7 Å². The lowest BCUT2D eigenvalue weighted by atomic mass is 9.97. The zero-order chi connectivity index (χ0) is 14.5. The third kappa shape index (κ3) is 3.28. The highest BCUT2D eigenvalue weighted by molar-refractivity contribution is 5.79. The summed E-state index contributed by atoms with van der Waals surface area (Å²) in [6.45, 7) is 4.33. The van der Waals surface area contributed by atoms with E-state index < -0.39 is 0 Å². The van der Waals surface area contributed by atoms with E-state index in [0.717, 1.165) is 37.6 Å². The van der Waals surface area contributed by atoms with Crippen LogP contribution in [0.25, 0.3) is 0 Å². The maximum absolute atomic E-state index is 11.8. The van der Waals surface area contributed by atoms with Gasteiger partial charge in [-0.1, -0.05) is 0 Å². The van der Waals surface area contributed by atoms with Crippen molar-refractivity contribution in [3.8, 4) is 0 Å². The number of nitrogens with zero attached hydrogens (tertiary/aromatic N) is 3. The summed E-state index contributed by atoms with van der Waals surface area (Å²) in [6.07, 6.45) is 1.88. The van der Waals surface area contributed by atoms with Gasteiger partial charge in [-0.2, -0.15) is 9.97 Å². The van der Waals surface area contributed by atoms with E-state index >= 15 is 0 Å². The monoisotopic (exact) mass is 278 g/mol. The first kappa shape index (κ1) is 14.4. The van der Waals surface area contributed by atoms with Gasteiger partial charge in [0.2, 0.25) is 11.9 Å². The summed E-state index contributed by atoms with van der Waals surface area (Å²) in [7, 11) is 1.67. The fraction of sp³-hybridized carbons (Fsp3) is 0.615. The Balaban J connectivity index is 2.15. The molecule has 1 amide bonds. The Hall–Kier alpha value is -2.05. The smallest absolute Gasteiger partial charge is 0.224 e. The Morgan fingerprint density at radius 3 is 3.05 bits per heavy atom. The molecule has 1 unspecified atom stereocenters. The van der Waals surface area contributed by atoms with Crippen LogP contribution in [0, 0.1) is 5.92 Å². The molecular weight excluding hydrogens is 256 g/mol. The number of carbonyl (C=O) groups excluding carboxylic acids is 1. The van der Waals surface area contributed by atoms with Gasteiger partial charge in [-0.05, 0) is 19.8 Å². The van der Waals surface area contributed by atoms with Gasteiger partial charge in [0.1, 0.15) is 11.6 Å². The van der Waals surface area contributed by atoms with Crippen molar-refractivity contribution in [3.05, 3.63) is 6.07 Å². The molecule has 0 saturated carbocycles. The van der Waals surface area contributed by atoms with E-state index in [1.54, 1.807) is 7.05 Å². The molecule has 1 aromatic rings. The second-order valence-corrected chi connectivity index (χ2v) is 4.90. The number of aromatic nitrogens is 2. The molecule has 1 fully saturated rings. The molecule has 2 rings (SSSR count). The first-order chi connectivity index (χ1) is 9.63. The summed E-state index contributed by atoms with van der Waals surface area (Å²) in [5, 5.41) is 5.85. The quantitative estimate of drug-likeness (QED) is 0.740. The molecule has 1 aliphatic heterocycles. The normalized spacial score (nSPS) is 18.7. The van der Waals surface area contributed by atoms with E-state index in [2.05, 4.69) is 25.5 Å². The van der Waals surface area contributed by atoms with Crippen LogP contribution >= 0.6 is 0 Å². The lowest BCUT2D eigenvalue weighted by Crippen LogP contribution is -2.42. The highest BCUT2D eigenvalue weighted by Gasteiger charge is 2.26. The van der Waals surface area contributed by atoms with Crippen molar-refractivity contribution in [1.82, 2.24) is 15.3 Å². The Bertz CT molecular complexity index is 478. The van der Waals surface area contributed by atoms with Crippen molar-refractivity contribution < 1.29 is 4.79 Å². The molecule has 7 nitrogen and oxygen atoms in total. The number of hydrogen-bond donors (Lipinski definition) is 3. The van der Waals surface area contributed by atoms with Crippen molar-refractivity contribution in [2.75, 3.05) is 42.6 Å². The molecule has 0 spiro atoms. The van der Waals surface area contributed by atoms with E-state index in [9.17, 15) is 4.79 Å². The van der Waals surface area contributed by atoms with Gasteiger partial charge in [0.15, 0.2) is 0 Å². The summed E-state index contributed by atoms with van der Waals surface area (Å²) >= 11 is 0. The van der Waals surface area contributed by atoms with Crippen LogP contribution in [0.4, 0.5) is 17.6 Å². The molecule has 4 N–H and O–H groups in total. The van der Waals surface area contributed by atoms with E-state index in [0.29, 0.717) is 6.54 Å². The average Bonchev–Trinajstić information content (AvgIpc) is 2.46. The van der Waals surface area contributed by atoms with E-state index in [1.165, 1.54) is 0 Å². The molecule has 1 aliphatic rings. The van der Waals surface area contributed by atoms with E-state index in [1.807, 2.05) is 13.0 Å². The van der Waals surface area contributed by atoms with Crippen LogP contribution in [-0.2, 0) is 4.79 Å².